The first kappa shape index (κ1) is 16.2. The summed E-state index contributed by atoms with van der Waals surface area (Å²) in [6.45, 7) is 7.89. The zero-order chi connectivity index (χ0) is 15.4. The Labute approximate surface area is 133 Å². The van der Waals surface area contributed by atoms with E-state index in [-0.39, 0.29) is 11.9 Å². The highest BCUT2D eigenvalue weighted by Gasteiger charge is 2.16. The van der Waals surface area contributed by atoms with Crippen molar-refractivity contribution in [1.29, 1.82) is 0 Å². The number of halogens is 2. The number of aryl methyl sites for hydroxylation is 2. The largest absolute Gasteiger partial charge is 0.310 e. The van der Waals surface area contributed by atoms with Crippen LogP contribution in [0.3, 0.4) is 0 Å². The molecule has 2 aromatic rings. The van der Waals surface area contributed by atoms with Gasteiger partial charge in [0, 0.05) is 24.7 Å². The molecule has 0 aliphatic rings. The summed E-state index contributed by atoms with van der Waals surface area (Å²) in [6, 6.07) is 7.46. The van der Waals surface area contributed by atoms with Crippen molar-refractivity contribution < 1.29 is 4.39 Å². The molecule has 0 saturated carbocycles. The molecule has 1 unspecified atom stereocenters. The van der Waals surface area contributed by atoms with E-state index in [0.717, 1.165) is 30.8 Å². The van der Waals surface area contributed by atoms with Crippen LogP contribution < -0.4 is 5.32 Å². The third-order valence-corrected chi connectivity index (χ3v) is 4.10. The van der Waals surface area contributed by atoms with Crippen molar-refractivity contribution in [2.45, 2.75) is 39.8 Å². The van der Waals surface area contributed by atoms with Gasteiger partial charge in [-0.25, -0.2) is 4.39 Å². The monoisotopic (exact) mass is 353 g/mol. The Hall–Kier alpha value is -1.20. The van der Waals surface area contributed by atoms with Crippen LogP contribution in [0.1, 0.15) is 36.8 Å². The quantitative estimate of drug-likeness (QED) is 0.850. The number of nitrogens with one attached hydrogen (secondary N) is 1. The summed E-state index contributed by atoms with van der Waals surface area (Å²) >= 11 is 3.26. The van der Waals surface area contributed by atoms with E-state index >= 15 is 0 Å². The van der Waals surface area contributed by atoms with E-state index in [1.165, 1.54) is 11.8 Å². The Bertz CT molecular complexity index is 610. The van der Waals surface area contributed by atoms with E-state index in [0.29, 0.717) is 4.47 Å². The van der Waals surface area contributed by atoms with Crippen LogP contribution in [0.15, 0.2) is 28.7 Å². The summed E-state index contributed by atoms with van der Waals surface area (Å²) in [5.41, 5.74) is 3.30. The predicted molar refractivity (Wildman–Crippen MR) is 86.9 cm³/mol. The zero-order valence-electron chi connectivity index (χ0n) is 12.7. The van der Waals surface area contributed by atoms with Crippen LogP contribution >= 0.6 is 15.9 Å². The van der Waals surface area contributed by atoms with E-state index in [1.54, 1.807) is 0 Å². The van der Waals surface area contributed by atoms with Crippen molar-refractivity contribution in [3.8, 4) is 0 Å². The molecule has 0 fully saturated rings. The van der Waals surface area contributed by atoms with Gasteiger partial charge in [-0.05, 0) is 60.1 Å². The number of aromatic nitrogens is 2. The zero-order valence-corrected chi connectivity index (χ0v) is 14.2. The number of rotatable bonds is 6. The van der Waals surface area contributed by atoms with Crippen LogP contribution in [0.2, 0.25) is 0 Å². The average Bonchev–Trinajstić information content (AvgIpc) is 2.81. The molecule has 0 amide bonds. The lowest BCUT2D eigenvalue weighted by atomic mass is 10.0. The average molecular weight is 354 g/mol. The molecule has 0 bridgehead atoms. The Morgan fingerprint density at radius 3 is 2.71 bits per heavy atom. The Kier molecular flexibility index (Phi) is 5.53. The lowest BCUT2D eigenvalue weighted by Crippen LogP contribution is -2.24. The third-order valence-electron chi connectivity index (χ3n) is 3.49. The van der Waals surface area contributed by atoms with Gasteiger partial charge < -0.3 is 5.32 Å². The SMILES string of the molecule is CCNC(Cc1cc(C)nn1CC)c1ccc(F)c(Br)c1. The fraction of sp³-hybridized carbons (Fsp3) is 0.438. The first-order valence-electron chi connectivity index (χ1n) is 7.26. The Balaban J connectivity index is 2.27. The van der Waals surface area contributed by atoms with Gasteiger partial charge in [-0.3, -0.25) is 4.68 Å². The lowest BCUT2D eigenvalue weighted by molar-refractivity contribution is 0.514. The van der Waals surface area contributed by atoms with Crippen molar-refractivity contribution in [2.75, 3.05) is 6.54 Å². The van der Waals surface area contributed by atoms with Gasteiger partial charge in [0.2, 0.25) is 0 Å². The summed E-state index contributed by atoms with van der Waals surface area (Å²) in [6.07, 6.45) is 0.834. The van der Waals surface area contributed by atoms with Crippen LogP contribution in [-0.4, -0.2) is 16.3 Å². The summed E-state index contributed by atoms with van der Waals surface area (Å²) in [5.74, 6) is -0.233. The van der Waals surface area contributed by atoms with Gasteiger partial charge in [0.1, 0.15) is 5.82 Å². The van der Waals surface area contributed by atoms with Crippen molar-refractivity contribution in [1.82, 2.24) is 15.1 Å². The molecule has 2 rings (SSSR count). The second kappa shape index (κ2) is 7.18. The van der Waals surface area contributed by atoms with Crippen LogP contribution in [0.4, 0.5) is 4.39 Å². The third kappa shape index (κ3) is 3.92. The summed E-state index contributed by atoms with van der Waals surface area (Å²) < 4.78 is 15.9. The van der Waals surface area contributed by atoms with Gasteiger partial charge >= 0.3 is 0 Å². The van der Waals surface area contributed by atoms with Crippen LogP contribution in [0, 0.1) is 12.7 Å². The molecule has 0 aliphatic heterocycles. The van der Waals surface area contributed by atoms with Crippen LogP contribution in [0.5, 0.6) is 0 Å². The molecule has 1 aromatic heterocycles. The highest BCUT2D eigenvalue weighted by atomic mass is 79.9. The van der Waals surface area contributed by atoms with Crippen molar-refractivity contribution in [2.24, 2.45) is 0 Å². The first-order chi connectivity index (χ1) is 10.0. The number of hydrogen-bond donors (Lipinski definition) is 1. The smallest absolute Gasteiger partial charge is 0.137 e. The number of likely N-dealkylation sites (N-methyl/N-ethyl adjacent to an activating group) is 1. The van der Waals surface area contributed by atoms with E-state index in [4.69, 9.17) is 0 Å². The highest BCUT2D eigenvalue weighted by Crippen LogP contribution is 2.24. The topological polar surface area (TPSA) is 29.9 Å². The molecule has 0 aliphatic carbocycles. The predicted octanol–water partition coefficient (Wildman–Crippen LogP) is 4.01. The van der Waals surface area contributed by atoms with Gasteiger partial charge in [0.25, 0.3) is 0 Å². The molecule has 114 valence electrons. The normalized spacial score (nSPS) is 12.6. The summed E-state index contributed by atoms with van der Waals surface area (Å²) in [5, 5.41) is 7.96. The molecular formula is C16H21BrFN3. The van der Waals surface area contributed by atoms with Gasteiger partial charge in [-0.2, -0.15) is 5.10 Å². The summed E-state index contributed by atoms with van der Waals surface area (Å²) in [4.78, 5) is 0. The van der Waals surface area contributed by atoms with E-state index in [1.807, 2.05) is 23.7 Å². The minimum Gasteiger partial charge on any atom is -0.310 e. The number of benzene rings is 1. The van der Waals surface area contributed by atoms with Gasteiger partial charge in [-0.1, -0.05) is 13.0 Å². The van der Waals surface area contributed by atoms with Gasteiger partial charge in [-0.15, -0.1) is 0 Å². The minimum atomic E-state index is -0.233. The molecule has 1 heterocycles. The fourth-order valence-electron chi connectivity index (χ4n) is 2.53. The van der Waals surface area contributed by atoms with Crippen molar-refractivity contribution in [3.63, 3.8) is 0 Å². The van der Waals surface area contributed by atoms with Gasteiger partial charge in [0.15, 0.2) is 0 Å². The highest BCUT2D eigenvalue weighted by molar-refractivity contribution is 9.10. The molecule has 0 radical (unpaired) electrons. The molecule has 21 heavy (non-hydrogen) atoms. The number of hydrogen-bond acceptors (Lipinski definition) is 2. The molecule has 1 atom stereocenters. The van der Waals surface area contributed by atoms with Gasteiger partial charge in [0.05, 0.1) is 10.2 Å². The fourth-order valence-corrected chi connectivity index (χ4v) is 2.93. The molecule has 3 nitrogen and oxygen atoms in total. The maximum Gasteiger partial charge on any atom is 0.137 e. The van der Waals surface area contributed by atoms with E-state index in [9.17, 15) is 4.39 Å². The van der Waals surface area contributed by atoms with Crippen molar-refractivity contribution in [3.05, 3.63) is 51.5 Å². The molecule has 1 N–H and O–H groups in total. The lowest BCUT2D eigenvalue weighted by Gasteiger charge is -2.19. The van der Waals surface area contributed by atoms with E-state index < -0.39 is 0 Å². The molecule has 1 aromatic carbocycles. The molecule has 5 heteroatoms. The molecular weight excluding hydrogens is 333 g/mol. The molecule has 0 saturated heterocycles. The Morgan fingerprint density at radius 2 is 2.10 bits per heavy atom. The van der Waals surface area contributed by atoms with Crippen LogP contribution in [-0.2, 0) is 13.0 Å². The maximum absolute atomic E-state index is 13.4. The maximum atomic E-state index is 13.4. The first-order valence-corrected chi connectivity index (χ1v) is 8.06. The minimum absolute atomic E-state index is 0.147. The van der Waals surface area contributed by atoms with E-state index in [2.05, 4.69) is 46.3 Å². The summed E-state index contributed by atoms with van der Waals surface area (Å²) in [7, 11) is 0. The van der Waals surface area contributed by atoms with Crippen LogP contribution in [0.25, 0.3) is 0 Å². The standard InChI is InChI=1S/C16H21BrFN3/c1-4-19-16(12-6-7-15(18)14(17)9-12)10-13-8-11(3)20-21(13)5-2/h6-9,16,19H,4-5,10H2,1-3H3. The second-order valence-corrected chi connectivity index (χ2v) is 5.94. The second-order valence-electron chi connectivity index (χ2n) is 5.08. The van der Waals surface area contributed by atoms with Crippen molar-refractivity contribution >= 4 is 15.9 Å². The Morgan fingerprint density at radius 1 is 1.33 bits per heavy atom. The number of nitrogens with zero attached hydrogens (tertiary/aromatic N) is 2. The molecule has 0 spiro atoms.